The number of hydrogen-bond donors (Lipinski definition) is 3. The monoisotopic (exact) mass is 748 g/mol. The molecule has 0 saturated heterocycles. The van der Waals surface area contributed by atoms with E-state index in [-0.39, 0.29) is 13.0 Å². The summed E-state index contributed by atoms with van der Waals surface area (Å²) in [6.45, 7) is 3.29. The van der Waals surface area contributed by atoms with E-state index in [9.17, 15) is 19.0 Å². The van der Waals surface area contributed by atoms with Gasteiger partial charge in [0.25, 0.3) is 0 Å². The molecule has 0 heterocycles. The summed E-state index contributed by atoms with van der Waals surface area (Å²) in [6.07, 6.45) is 37.7. The number of phosphoric acid groups is 1. The summed E-state index contributed by atoms with van der Waals surface area (Å²) in [7, 11) is -4.62. The van der Waals surface area contributed by atoms with Crippen LogP contribution in [0.1, 0.15) is 200 Å². The van der Waals surface area contributed by atoms with Crippen LogP contribution in [0, 0.1) is 0 Å². The van der Waals surface area contributed by atoms with Gasteiger partial charge in [0.1, 0.15) is 12.6 Å². The Morgan fingerprint density at radius 3 is 1.43 bits per heavy atom. The van der Waals surface area contributed by atoms with Gasteiger partial charge in [-0.1, -0.05) is 174 Å². The SMILES string of the molecule is CCCCCCCCCCCCCC/C=C\OC[C@H](COP(=O)(O)OC[C@H](N)C(=O)O)OC(=O)CCCCCCCCCCCCCCCCC. The Labute approximate surface area is 312 Å². The Balaban J connectivity index is 4.29. The molecule has 0 radical (unpaired) electrons. The molecule has 0 aliphatic carbocycles. The smallest absolute Gasteiger partial charge is 0.472 e. The second-order valence-electron chi connectivity index (χ2n) is 14.2. The average Bonchev–Trinajstić information content (AvgIpc) is 3.10. The Bertz CT molecular complexity index is 873. The molecule has 0 aromatic rings. The highest BCUT2D eigenvalue weighted by molar-refractivity contribution is 7.47. The highest BCUT2D eigenvalue weighted by atomic mass is 31.2. The third kappa shape index (κ3) is 36.7. The number of esters is 1. The van der Waals surface area contributed by atoms with Crippen LogP contribution in [-0.4, -0.2) is 53.9 Å². The largest absolute Gasteiger partial charge is 0.498 e. The van der Waals surface area contributed by atoms with Crippen LogP contribution < -0.4 is 5.73 Å². The average molecular weight is 748 g/mol. The minimum atomic E-state index is -4.62. The fourth-order valence-corrected chi connectivity index (χ4v) is 6.64. The minimum Gasteiger partial charge on any atom is -0.498 e. The number of nitrogens with two attached hydrogens (primary N) is 1. The maximum Gasteiger partial charge on any atom is 0.472 e. The van der Waals surface area contributed by atoms with Gasteiger partial charge < -0.3 is 25.2 Å². The number of unbranched alkanes of at least 4 members (excludes halogenated alkanes) is 26. The molecule has 10 nitrogen and oxygen atoms in total. The Morgan fingerprint density at radius 1 is 0.608 bits per heavy atom. The molecule has 0 fully saturated rings. The standard InChI is InChI=1S/C40H78NO9P/c1-3-5-7-9-11-13-15-17-19-20-22-24-26-28-30-32-39(42)50-37(35-48-51(45,46)49-36-38(41)40(43)44)34-47-33-31-29-27-25-23-21-18-16-14-12-10-8-6-4-2/h31,33,37-38H,3-30,32,34-36,41H2,1-2H3,(H,43,44)(H,45,46)/b33-31-/t37-,38+/m1/s1. The zero-order chi connectivity index (χ0) is 37.7. The third-order valence-electron chi connectivity index (χ3n) is 9.14. The highest BCUT2D eigenvalue weighted by Gasteiger charge is 2.27. The predicted octanol–water partition coefficient (Wildman–Crippen LogP) is 11.3. The molecule has 51 heavy (non-hydrogen) atoms. The first-order valence-corrected chi connectivity index (χ1v) is 22.3. The van der Waals surface area contributed by atoms with Gasteiger partial charge in [-0.05, 0) is 25.3 Å². The topological polar surface area (TPSA) is 155 Å². The van der Waals surface area contributed by atoms with Gasteiger partial charge in [-0.2, -0.15) is 0 Å². The van der Waals surface area contributed by atoms with Crippen LogP contribution in [0.3, 0.4) is 0 Å². The molecule has 302 valence electrons. The van der Waals surface area contributed by atoms with Crippen molar-refractivity contribution in [2.75, 3.05) is 19.8 Å². The Morgan fingerprint density at radius 2 is 1.00 bits per heavy atom. The van der Waals surface area contributed by atoms with Crippen molar-refractivity contribution >= 4 is 19.8 Å². The van der Waals surface area contributed by atoms with Crippen LogP contribution in [0.5, 0.6) is 0 Å². The maximum absolute atomic E-state index is 12.6. The number of carboxylic acid groups (broad SMARTS) is 1. The van der Waals surface area contributed by atoms with E-state index in [2.05, 4.69) is 13.8 Å². The van der Waals surface area contributed by atoms with Crippen LogP contribution in [0.4, 0.5) is 0 Å². The number of carbonyl (C=O) groups excluding carboxylic acids is 1. The first kappa shape index (κ1) is 49.6. The van der Waals surface area contributed by atoms with E-state index in [0.29, 0.717) is 6.42 Å². The number of rotatable bonds is 40. The molecule has 0 aromatic heterocycles. The van der Waals surface area contributed by atoms with E-state index in [1.54, 1.807) is 6.26 Å². The van der Waals surface area contributed by atoms with Gasteiger partial charge in [0.15, 0.2) is 6.10 Å². The van der Waals surface area contributed by atoms with E-state index < -0.39 is 45.1 Å². The number of aliphatic carboxylic acids is 1. The number of phosphoric ester groups is 1. The Kier molecular flexibility index (Phi) is 35.8. The molecule has 1 unspecified atom stereocenters. The van der Waals surface area contributed by atoms with E-state index >= 15 is 0 Å². The van der Waals surface area contributed by atoms with Crippen molar-refractivity contribution in [1.82, 2.24) is 0 Å². The van der Waals surface area contributed by atoms with Crippen molar-refractivity contribution in [3.8, 4) is 0 Å². The zero-order valence-corrected chi connectivity index (χ0v) is 33.6. The predicted molar refractivity (Wildman–Crippen MR) is 208 cm³/mol. The fourth-order valence-electron chi connectivity index (χ4n) is 5.86. The van der Waals surface area contributed by atoms with Crippen molar-refractivity contribution in [2.24, 2.45) is 5.73 Å². The van der Waals surface area contributed by atoms with Gasteiger partial charge in [-0.25, -0.2) is 4.57 Å². The lowest BCUT2D eigenvalue weighted by Gasteiger charge is -2.20. The van der Waals surface area contributed by atoms with Crippen LogP contribution in [0.25, 0.3) is 0 Å². The molecule has 0 spiro atoms. The first-order valence-electron chi connectivity index (χ1n) is 20.8. The van der Waals surface area contributed by atoms with Gasteiger partial charge >= 0.3 is 19.8 Å². The van der Waals surface area contributed by atoms with E-state index in [4.69, 9.17) is 29.4 Å². The number of carbonyl (C=O) groups is 2. The zero-order valence-electron chi connectivity index (χ0n) is 32.7. The molecule has 0 rings (SSSR count). The quantitative estimate of drug-likeness (QED) is 0.0239. The lowest BCUT2D eigenvalue weighted by molar-refractivity contribution is -0.153. The molecule has 3 atom stereocenters. The van der Waals surface area contributed by atoms with Crippen LogP contribution in [0.15, 0.2) is 12.3 Å². The van der Waals surface area contributed by atoms with E-state index in [1.165, 1.54) is 148 Å². The third-order valence-corrected chi connectivity index (χ3v) is 10.1. The molecule has 4 N–H and O–H groups in total. The highest BCUT2D eigenvalue weighted by Crippen LogP contribution is 2.43. The van der Waals surface area contributed by atoms with Gasteiger partial charge in [0, 0.05) is 6.42 Å². The molecule has 0 saturated carbocycles. The van der Waals surface area contributed by atoms with Crippen molar-refractivity contribution in [2.45, 2.75) is 212 Å². The van der Waals surface area contributed by atoms with Crippen molar-refractivity contribution in [1.29, 1.82) is 0 Å². The summed E-state index contributed by atoms with van der Waals surface area (Å²) in [5.74, 6) is -1.80. The molecule has 0 aliphatic rings. The van der Waals surface area contributed by atoms with Gasteiger partial charge in [-0.3, -0.25) is 18.6 Å². The van der Waals surface area contributed by atoms with Crippen molar-refractivity contribution < 1.29 is 42.7 Å². The molecule has 0 bridgehead atoms. The summed E-state index contributed by atoms with van der Waals surface area (Å²) in [4.78, 5) is 33.4. The second-order valence-corrected chi connectivity index (χ2v) is 15.7. The van der Waals surface area contributed by atoms with Gasteiger partial charge in [0.2, 0.25) is 0 Å². The fraction of sp³-hybridized carbons (Fsp3) is 0.900. The number of allylic oxidation sites excluding steroid dienone is 1. The number of ether oxygens (including phenoxy) is 2. The lowest BCUT2D eigenvalue weighted by Crippen LogP contribution is -2.34. The normalized spacial score (nSPS) is 14.0. The molecule has 0 aromatic carbocycles. The molecular formula is C40H78NO9P. The van der Waals surface area contributed by atoms with Crippen molar-refractivity contribution in [3.63, 3.8) is 0 Å². The Hall–Kier alpha value is -1.45. The molecule has 11 heteroatoms. The summed E-state index contributed by atoms with van der Waals surface area (Å²) in [5.41, 5.74) is 5.34. The van der Waals surface area contributed by atoms with Crippen LogP contribution in [-0.2, 0) is 32.7 Å². The minimum absolute atomic E-state index is 0.0613. The van der Waals surface area contributed by atoms with Crippen LogP contribution >= 0.6 is 7.82 Å². The van der Waals surface area contributed by atoms with E-state index in [1.807, 2.05) is 6.08 Å². The first-order chi connectivity index (χ1) is 24.7. The van der Waals surface area contributed by atoms with Crippen LogP contribution in [0.2, 0.25) is 0 Å². The van der Waals surface area contributed by atoms with Gasteiger partial charge in [-0.15, -0.1) is 0 Å². The number of hydrogen-bond acceptors (Lipinski definition) is 8. The number of carboxylic acids is 1. The van der Waals surface area contributed by atoms with E-state index in [0.717, 1.165) is 25.7 Å². The van der Waals surface area contributed by atoms with Gasteiger partial charge in [0.05, 0.1) is 19.5 Å². The summed E-state index contributed by atoms with van der Waals surface area (Å²) < 4.78 is 33.0. The summed E-state index contributed by atoms with van der Waals surface area (Å²) in [5, 5.41) is 8.87. The summed E-state index contributed by atoms with van der Waals surface area (Å²) in [6, 6.07) is -1.48. The molecule has 0 amide bonds. The molecular weight excluding hydrogens is 669 g/mol. The second kappa shape index (κ2) is 36.9. The lowest BCUT2D eigenvalue weighted by atomic mass is 10.0. The molecule has 0 aliphatic heterocycles. The summed E-state index contributed by atoms with van der Waals surface area (Å²) >= 11 is 0. The van der Waals surface area contributed by atoms with Crippen molar-refractivity contribution in [3.05, 3.63) is 12.3 Å². The maximum atomic E-state index is 12.6.